The molecule has 0 aromatic heterocycles. The number of nitrogens with one attached hydrogen (secondary N) is 3. The Morgan fingerprint density at radius 1 is 1.32 bits per heavy atom. The van der Waals surface area contributed by atoms with Crippen LogP contribution in [0.2, 0.25) is 0 Å². The van der Waals surface area contributed by atoms with Crippen LogP contribution in [-0.2, 0) is 4.79 Å². The topological polar surface area (TPSA) is 53.2 Å². The molecule has 19 heavy (non-hydrogen) atoms. The molecule has 0 aliphatic carbocycles. The minimum absolute atomic E-state index is 0.0892. The van der Waals surface area contributed by atoms with Gasteiger partial charge in [0.25, 0.3) is 5.91 Å². The molecule has 4 nitrogen and oxygen atoms in total. The van der Waals surface area contributed by atoms with E-state index >= 15 is 0 Å². The molecule has 2 aliphatic heterocycles. The number of hydrazine groups is 1. The van der Waals surface area contributed by atoms with Crippen LogP contribution in [0.25, 0.3) is 0 Å². The van der Waals surface area contributed by atoms with Crippen LogP contribution in [0.3, 0.4) is 0 Å². The highest BCUT2D eigenvalue weighted by Crippen LogP contribution is 2.31. The van der Waals surface area contributed by atoms with Crippen LogP contribution in [0.1, 0.15) is 11.6 Å². The molecule has 6 heteroatoms. The summed E-state index contributed by atoms with van der Waals surface area (Å²) in [6.07, 6.45) is 2.00. The number of rotatable bonds is 2. The van der Waals surface area contributed by atoms with Crippen molar-refractivity contribution in [2.75, 3.05) is 6.54 Å². The summed E-state index contributed by atoms with van der Waals surface area (Å²) in [5.74, 6) is 0.144. The van der Waals surface area contributed by atoms with E-state index in [1.165, 1.54) is 17.3 Å². The summed E-state index contributed by atoms with van der Waals surface area (Å²) in [4.78, 5) is 12.4. The normalized spacial score (nSPS) is 28.9. The molecule has 1 aromatic rings. The van der Waals surface area contributed by atoms with Crippen molar-refractivity contribution in [1.29, 1.82) is 0 Å². The Labute approximate surface area is 121 Å². The lowest BCUT2D eigenvalue weighted by Gasteiger charge is -2.15. The Morgan fingerprint density at radius 2 is 2.11 bits per heavy atom. The predicted molar refractivity (Wildman–Crippen MR) is 80.2 cm³/mol. The van der Waals surface area contributed by atoms with Gasteiger partial charge in [-0.3, -0.25) is 10.2 Å². The van der Waals surface area contributed by atoms with Gasteiger partial charge in [-0.1, -0.05) is 60.4 Å². The molecule has 0 bridgehead atoms. The molecular weight excluding hydrogens is 278 g/mol. The zero-order chi connectivity index (χ0) is 13.2. The number of benzene rings is 1. The number of carbonyl (C=O) groups is 1. The molecule has 2 aliphatic rings. The third-order valence-corrected chi connectivity index (χ3v) is 4.37. The summed E-state index contributed by atoms with van der Waals surface area (Å²) in [5, 5.41) is 2.64. The molecule has 0 radical (unpaired) electrons. The second-order valence-electron chi connectivity index (χ2n) is 4.45. The first-order valence-electron chi connectivity index (χ1n) is 6.02. The fourth-order valence-electron chi connectivity index (χ4n) is 2.29. The second kappa shape index (κ2) is 5.42. The lowest BCUT2D eigenvalue weighted by atomic mass is 9.94. The van der Waals surface area contributed by atoms with Crippen LogP contribution in [0.4, 0.5) is 0 Å². The highest BCUT2D eigenvalue weighted by Gasteiger charge is 2.30. The SMILES string of the molecule is O=C1NC(=S)S/C1=C\C1CNNC1c1ccccc1. The molecular formula is C13H13N3OS2. The molecule has 0 saturated carbocycles. The fourth-order valence-corrected chi connectivity index (χ4v) is 3.38. The van der Waals surface area contributed by atoms with Crippen molar-refractivity contribution in [3.63, 3.8) is 0 Å². The van der Waals surface area contributed by atoms with E-state index < -0.39 is 0 Å². The molecule has 3 rings (SSSR count). The van der Waals surface area contributed by atoms with E-state index in [9.17, 15) is 4.79 Å². The van der Waals surface area contributed by atoms with Gasteiger partial charge in [0.2, 0.25) is 0 Å². The van der Waals surface area contributed by atoms with E-state index in [0.29, 0.717) is 9.23 Å². The summed E-state index contributed by atoms with van der Waals surface area (Å²) in [6.45, 7) is 0.795. The number of hydrogen-bond acceptors (Lipinski definition) is 5. The maximum atomic E-state index is 11.7. The van der Waals surface area contributed by atoms with Gasteiger partial charge in [0.15, 0.2) is 0 Å². The van der Waals surface area contributed by atoms with E-state index in [1.807, 2.05) is 24.3 Å². The van der Waals surface area contributed by atoms with Gasteiger partial charge in [-0.2, -0.15) is 0 Å². The van der Waals surface area contributed by atoms with Crippen molar-refractivity contribution in [2.45, 2.75) is 6.04 Å². The number of thiocarbonyl (C=S) groups is 1. The van der Waals surface area contributed by atoms with Crippen molar-refractivity contribution in [1.82, 2.24) is 16.2 Å². The van der Waals surface area contributed by atoms with Gasteiger partial charge in [0, 0.05) is 12.5 Å². The van der Waals surface area contributed by atoms with Crippen LogP contribution in [0, 0.1) is 5.92 Å². The third-order valence-electron chi connectivity index (χ3n) is 3.19. The summed E-state index contributed by atoms with van der Waals surface area (Å²) in [5.41, 5.74) is 7.62. The zero-order valence-electron chi connectivity index (χ0n) is 10.1. The van der Waals surface area contributed by atoms with Crippen molar-refractivity contribution < 1.29 is 4.79 Å². The molecule has 2 fully saturated rings. The standard InChI is InChI=1S/C13H13N3OS2/c17-12-10(19-13(18)15-12)6-9-7-14-16-11(9)8-4-2-1-3-5-8/h1-6,9,11,14,16H,7H2,(H,15,17,18)/b10-6-. The number of carbonyl (C=O) groups excluding carboxylic acids is 1. The molecule has 2 heterocycles. The van der Waals surface area contributed by atoms with Crippen LogP contribution in [0.15, 0.2) is 41.3 Å². The summed E-state index contributed by atoms with van der Waals surface area (Å²) >= 11 is 6.33. The molecule has 98 valence electrons. The minimum Gasteiger partial charge on any atom is -0.307 e. The van der Waals surface area contributed by atoms with Crippen molar-refractivity contribution in [3.05, 3.63) is 46.9 Å². The van der Waals surface area contributed by atoms with Crippen LogP contribution in [-0.4, -0.2) is 16.8 Å². The molecule has 1 amide bonds. The van der Waals surface area contributed by atoms with Gasteiger partial charge in [-0.05, 0) is 5.56 Å². The van der Waals surface area contributed by atoms with Gasteiger partial charge in [-0.25, -0.2) is 5.43 Å². The molecule has 2 atom stereocenters. The van der Waals surface area contributed by atoms with Crippen molar-refractivity contribution in [3.8, 4) is 0 Å². The van der Waals surface area contributed by atoms with Gasteiger partial charge in [0.05, 0.1) is 10.9 Å². The highest BCUT2D eigenvalue weighted by atomic mass is 32.2. The Kier molecular flexibility index (Phi) is 3.65. The highest BCUT2D eigenvalue weighted by molar-refractivity contribution is 8.26. The van der Waals surface area contributed by atoms with Gasteiger partial charge >= 0.3 is 0 Å². The fraction of sp³-hybridized carbons (Fsp3) is 0.231. The Balaban J connectivity index is 1.83. The number of thioether (sulfide) groups is 1. The van der Waals surface area contributed by atoms with Crippen molar-refractivity contribution in [2.24, 2.45) is 5.92 Å². The van der Waals surface area contributed by atoms with E-state index in [-0.39, 0.29) is 17.9 Å². The van der Waals surface area contributed by atoms with E-state index in [4.69, 9.17) is 12.2 Å². The smallest absolute Gasteiger partial charge is 0.263 e. The maximum absolute atomic E-state index is 11.7. The average Bonchev–Trinajstić information content (AvgIpc) is 2.98. The average molecular weight is 291 g/mol. The van der Waals surface area contributed by atoms with Gasteiger partial charge in [0.1, 0.15) is 4.32 Å². The van der Waals surface area contributed by atoms with Crippen molar-refractivity contribution >= 4 is 34.2 Å². The molecule has 2 unspecified atom stereocenters. The summed E-state index contributed by atoms with van der Waals surface area (Å²) in [7, 11) is 0. The minimum atomic E-state index is -0.0892. The Bertz CT molecular complexity index is 544. The first-order valence-corrected chi connectivity index (χ1v) is 7.25. The van der Waals surface area contributed by atoms with Gasteiger partial charge in [-0.15, -0.1) is 0 Å². The lowest BCUT2D eigenvalue weighted by Crippen LogP contribution is -2.24. The van der Waals surface area contributed by atoms with Crippen LogP contribution >= 0.6 is 24.0 Å². The first-order chi connectivity index (χ1) is 9.24. The van der Waals surface area contributed by atoms with E-state index in [2.05, 4.69) is 28.3 Å². The molecule has 3 N–H and O–H groups in total. The molecule has 1 aromatic carbocycles. The number of amides is 1. The van der Waals surface area contributed by atoms with Crippen LogP contribution < -0.4 is 16.2 Å². The lowest BCUT2D eigenvalue weighted by molar-refractivity contribution is -0.115. The zero-order valence-corrected chi connectivity index (χ0v) is 11.7. The van der Waals surface area contributed by atoms with E-state index in [1.54, 1.807) is 0 Å². The Hall–Kier alpha value is -1.21. The quantitative estimate of drug-likeness (QED) is 0.569. The second-order valence-corrected chi connectivity index (χ2v) is 6.17. The third kappa shape index (κ3) is 2.71. The first kappa shape index (κ1) is 12.8. The number of hydrogen-bond donors (Lipinski definition) is 3. The maximum Gasteiger partial charge on any atom is 0.263 e. The van der Waals surface area contributed by atoms with Crippen LogP contribution in [0.5, 0.6) is 0 Å². The monoisotopic (exact) mass is 291 g/mol. The summed E-state index contributed by atoms with van der Waals surface area (Å²) < 4.78 is 0.534. The largest absolute Gasteiger partial charge is 0.307 e. The van der Waals surface area contributed by atoms with Gasteiger partial charge < -0.3 is 5.32 Å². The predicted octanol–water partition coefficient (Wildman–Crippen LogP) is 1.48. The Morgan fingerprint density at radius 3 is 2.79 bits per heavy atom. The summed E-state index contributed by atoms with van der Waals surface area (Å²) in [6, 6.07) is 10.4. The molecule has 0 spiro atoms. The molecule has 2 saturated heterocycles. The van der Waals surface area contributed by atoms with E-state index in [0.717, 1.165) is 6.54 Å².